The Kier molecular flexibility index (Phi) is 5.21. The van der Waals surface area contributed by atoms with Crippen LogP contribution in [0, 0.1) is 11.7 Å². The summed E-state index contributed by atoms with van der Waals surface area (Å²) < 4.78 is 19.7. The summed E-state index contributed by atoms with van der Waals surface area (Å²) in [6.45, 7) is 0.818. The highest BCUT2D eigenvalue weighted by atomic mass is 19.1. The van der Waals surface area contributed by atoms with Crippen molar-refractivity contribution in [3.8, 4) is 16.9 Å². The van der Waals surface area contributed by atoms with Gasteiger partial charge in [0.05, 0.1) is 12.7 Å². The quantitative estimate of drug-likeness (QED) is 0.916. The molecule has 0 saturated carbocycles. The number of amides is 2. The number of carbonyl (C=O) groups excluding carboxylic acids is 2. The van der Waals surface area contributed by atoms with E-state index in [0.717, 1.165) is 11.3 Å². The molecule has 0 atom stereocenters. The van der Waals surface area contributed by atoms with Crippen LogP contribution in [0.4, 0.5) is 4.39 Å². The molecule has 136 valence electrons. The number of nitrogens with zero attached hydrogens (tertiary/aromatic N) is 1. The van der Waals surface area contributed by atoms with Gasteiger partial charge in [0.25, 0.3) is 5.91 Å². The van der Waals surface area contributed by atoms with Crippen molar-refractivity contribution in [1.29, 1.82) is 0 Å². The van der Waals surface area contributed by atoms with Gasteiger partial charge in [-0.25, -0.2) is 4.39 Å². The first-order valence-electron chi connectivity index (χ1n) is 8.52. The van der Waals surface area contributed by atoms with Gasteiger partial charge in [-0.3, -0.25) is 9.59 Å². The Morgan fingerprint density at radius 1 is 1.08 bits per heavy atom. The van der Waals surface area contributed by atoms with E-state index in [4.69, 9.17) is 10.5 Å². The van der Waals surface area contributed by atoms with Crippen LogP contribution in [0.25, 0.3) is 11.1 Å². The van der Waals surface area contributed by atoms with Gasteiger partial charge < -0.3 is 15.4 Å². The molecule has 0 aromatic heterocycles. The van der Waals surface area contributed by atoms with Crippen LogP contribution in [-0.2, 0) is 4.79 Å². The molecule has 5 nitrogen and oxygen atoms in total. The average molecular weight is 356 g/mol. The second-order valence-electron chi connectivity index (χ2n) is 6.39. The number of nitrogens with two attached hydrogens (primary N) is 1. The van der Waals surface area contributed by atoms with E-state index in [1.54, 1.807) is 30.2 Å². The second kappa shape index (κ2) is 7.56. The number of methoxy groups -OCH3 is 1. The van der Waals surface area contributed by atoms with Crippen LogP contribution in [0.3, 0.4) is 0 Å². The normalized spacial score (nSPS) is 14.9. The molecular formula is C20H21FN2O3. The molecule has 6 heteroatoms. The lowest BCUT2D eigenvalue weighted by atomic mass is 9.95. The fraction of sp³-hybridized carbons (Fsp3) is 0.300. The minimum Gasteiger partial charge on any atom is -0.497 e. The molecule has 2 aromatic rings. The third kappa shape index (κ3) is 3.69. The molecule has 3 rings (SSSR count). The van der Waals surface area contributed by atoms with Gasteiger partial charge in [0.2, 0.25) is 5.91 Å². The van der Waals surface area contributed by atoms with Crippen LogP contribution >= 0.6 is 0 Å². The van der Waals surface area contributed by atoms with Crippen molar-refractivity contribution in [2.45, 2.75) is 12.8 Å². The predicted molar refractivity (Wildman–Crippen MR) is 96.2 cm³/mol. The van der Waals surface area contributed by atoms with Gasteiger partial charge in [0.1, 0.15) is 11.6 Å². The zero-order chi connectivity index (χ0) is 18.7. The summed E-state index contributed by atoms with van der Waals surface area (Å²) in [5.41, 5.74) is 6.87. The number of likely N-dealkylation sites (tertiary alicyclic amines) is 1. The Balaban J connectivity index is 1.75. The Morgan fingerprint density at radius 2 is 1.69 bits per heavy atom. The molecule has 2 N–H and O–H groups in total. The molecule has 1 aliphatic heterocycles. The lowest BCUT2D eigenvalue weighted by molar-refractivity contribution is -0.123. The Labute approximate surface area is 151 Å². The zero-order valence-electron chi connectivity index (χ0n) is 14.6. The highest BCUT2D eigenvalue weighted by Crippen LogP contribution is 2.26. The number of benzene rings is 2. The Morgan fingerprint density at radius 3 is 2.23 bits per heavy atom. The van der Waals surface area contributed by atoms with E-state index in [9.17, 15) is 14.0 Å². The maximum atomic E-state index is 14.5. The van der Waals surface area contributed by atoms with E-state index in [0.29, 0.717) is 31.5 Å². The molecule has 0 radical (unpaired) electrons. The highest BCUT2D eigenvalue weighted by molar-refractivity contribution is 5.95. The second-order valence-corrected chi connectivity index (χ2v) is 6.39. The number of primary amides is 1. The topological polar surface area (TPSA) is 72.6 Å². The number of halogens is 1. The lowest BCUT2D eigenvalue weighted by Crippen LogP contribution is -2.42. The third-order valence-corrected chi connectivity index (χ3v) is 4.81. The number of ether oxygens (including phenoxy) is 1. The van der Waals surface area contributed by atoms with Crippen LogP contribution in [0.1, 0.15) is 23.2 Å². The van der Waals surface area contributed by atoms with Gasteiger partial charge in [0, 0.05) is 19.0 Å². The monoisotopic (exact) mass is 356 g/mol. The fourth-order valence-corrected chi connectivity index (χ4v) is 3.19. The van der Waals surface area contributed by atoms with Crippen LogP contribution in [-0.4, -0.2) is 36.9 Å². The van der Waals surface area contributed by atoms with Crippen LogP contribution in [0.15, 0.2) is 42.5 Å². The third-order valence-electron chi connectivity index (χ3n) is 4.81. The van der Waals surface area contributed by atoms with Gasteiger partial charge in [-0.15, -0.1) is 0 Å². The number of hydrogen-bond acceptors (Lipinski definition) is 3. The van der Waals surface area contributed by atoms with Crippen molar-refractivity contribution in [3.63, 3.8) is 0 Å². The molecule has 0 bridgehead atoms. The van der Waals surface area contributed by atoms with Crippen molar-refractivity contribution in [3.05, 3.63) is 53.8 Å². The number of hydrogen-bond donors (Lipinski definition) is 1. The van der Waals surface area contributed by atoms with E-state index < -0.39 is 5.82 Å². The Bertz CT molecular complexity index is 812. The molecule has 2 aromatic carbocycles. The molecule has 0 spiro atoms. The minimum absolute atomic E-state index is 0.0415. The van der Waals surface area contributed by atoms with Crippen molar-refractivity contribution >= 4 is 11.8 Å². The molecule has 0 aliphatic carbocycles. The van der Waals surface area contributed by atoms with Gasteiger partial charge in [-0.1, -0.05) is 18.2 Å². The summed E-state index contributed by atoms with van der Waals surface area (Å²) in [5, 5.41) is 0. The van der Waals surface area contributed by atoms with Crippen molar-refractivity contribution < 1.29 is 18.7 Å². The summed E-state index contributed by atoms with van der Waals surface area (Å²) in [4.78, 5) is 25.4. The first-order valence-corrected chi connectivity index (χ1v) is 8.52. The first-order chi connectivity index (χ1) is 12.5. The van der Waals surface area contributed by atoms with E-state index >= 15 is 0 Å². The van der Waals surface area contributed by atoms with Gasteiger partial charge in [-0.05, 0) is 48.2 Å². The molecular weight excluding hydrogens is 335 g/mol. The maximum absolute atomic E-state index is 14.5. The summed E-state index contributed by atoms with van der Waals surface area (Å²) in [6.07, 6.45) is 1.04. The smallest absolute Gasteiger partial charge is 0.256 e. The highest BCUT2D eigenvalue weighted by Gasteiger charge is 2.27. The summed E-state index contributed by atoms with van der Waals surface area (Å²) in [6, 6.07) is 11.9. The van der Waals surface area contributed by atoms with Crippen LogP contribution < -0.4 is 10.5 Å². The number of carbonyl (C=O) groups is 2. The van der Waals surface area contributed by atoms with Crippen molar-refractivity contribution in [2.24, 2.45) is 11.7 Å². The molecule has 1 fully saturated rings. The molecule has 1 aliphatic rings. The molecule has 1 heterocycles. The van der Waals surface area contributed by atoms with E-state index in [1.165, 1.54) is 12.1 Å². The van der Waals surface area contributed by atoms with Crippen LogP contribution in [0.2, 0.25) is 0 Å². The van der Waals surface area contributed by atoms with Gasteiger partial charge in [0.15, 0.2) is 0 Å². The SMILES string of the molecule is COc1ccc(-c2ccc(C(=O)N3CCC(C(N)=O)CC3)c(F)c2)cc1. The largest absolute Gasteiger partial charge is 0.497 e. The number of piperidine rings is 1. The van der Waals surface area contributed by atoms with E-state index in [2.05, 4.69) is 0 Å². The maximum Gasteiger partial charge on any atom is 0.256 e. The van der Waals surface area contributed by atoms with Crippen molar-refractivity contribution in [1.82, 2.24) is 4.90 Å². The average Bonchev–Trinajstić information content (AvgIpc) is 2.67. The Hall–Kier alpha value is -2.89. The molecule has 0 unspecified atom stereocenters. The van der Waals surface area contributed by atoms with Crippen molar-refractivity contribution in [2.75, 3.05) is 20.2 Å². The van der Waals surface area contributed by atoms with Crippen LogP contribution in [0.5, 0.6) is 5.75 Å². The van der Waals surface area contributed by atoms with E-state index in [1.807, 2.05) is 12.1 Å². The zero-order valence-corrected chi connectivity index (χ0v) is 14.6. The molecule has 1 saturated heterocycles. The molecule has 26 heavy (non-hydrogen) atoms. The molecule has 2 amide bonds. The summed E-state index contributed by atoms with van der Waals surface area (Å²) in [5.74, 6) is -0.735. The predicted octanol–water partition coefficient (Wildman–Crippen LogP) is 2.84. The van der Waals surface area contributed by atoms with E-state index in [-0.39, 0.29) is 23.3 Å². The summed E-state index contributed by atoms with van der Waals surface area (Å²) >= 11 is 0. The lowest BCUT2D eigenvalue weighted by Gasteiger charge is -2.30. The standard InChI is InChI=1S/C20H21FN2O3/c1-26-16-5-2-13(3-6-16)15-4-7-17(18(21)12-15)20(25)23-10-8-14(9-11-23)19(22)24/h2-7,12,14H,8-11H2,1H3,(H2,22,24). The summed E-state index contributed by atoms with van der Waals surface area (Å²) in [7, 11) is 1.58. The van der Waals surface area contributed by atoms with Gasteiger partial charge >= 0.3 is 0 Å². The minimum atomic E-state index is -0.555. The number of rotatable bonds is 4. The fourth-order valence-electron chi connectivity index (χ4n) is 3.19. The first kappa shape index (κ1) is 17.9. The van der Waals surface area contributed by atoms with Gasteiger partial charge in [-0.2, -0.15) is 0 Å².